The van der Waals surface area contributed by atoms with Crippen LogP contribution in [0.2, 0.25) is 0 Å². The zero-order valence-electron chi connectivity index (χ0n) is 12.4. The molecule has 6 nitrogen and oxygen atoms in total. The lowest BCUT2D eigenvalue weighted by Crippen LogP contribution is -2.46. The molecule has 2 rings (SSSR count). The predicted octanol–water partition coefficient (Wildman–Crippen LogP) is 1.19. The first-order valence-corrected chi connectivity index (χ1v) is 7.78. The molecule has 1 amide bonds. The van der Waals surface area contributed by atoms with E-state index in [9.17, 15) is 14.7 Å². The number of rotatable bonds is 6. The van der Waals surface area contributed by atoms with Gasteiger partial charge in [-0.2, -0.15) is 0 Å². The highest BCUT2D eigenvalue weighted by molar-refractivity contribution is 5.79. The smallest absolute Gasteiger partial charge is 0.311 e. The molecule has 120 valence electrons. The summed E-state index contributed by atoms with van der Waals surface area (Å²) in [5.74, 6) is -0.329. The van der Waals surface area contributed by atoms with Crippen molar-refractivity contribution in [3.8, 4) is 0 Å². The summed E-state index contributed by atoms with van der Waals surface area (Å²) in [7, 11) is 0. The quantitative estimate of drug-likeness (QED) is 0.769. The number of hydrogen-bond donors (Lipinski definition) is 2. The number of nitrogens with one attached hydrogen (secondary N) is 1. The maximum absolute atomic E-state index is 11.9. The van der Waals surface area contributed by atoms with Crippen LogP contribution in [-0.4, -0.2) is 50.0 Å². The summed E-state index contributed by atoms with van der Waals surface area (Å²) in [4.78, 5) is 23.4. The summed E-state index contributed by atoms with van der Waals surface area (Å²) < 4.78 is 10.5. The van der Waals surface area contributed by atoms with E-state index in [-0.39, 0.29) is 12.5 Å². The average Bonchev–Trinajstić information content (AvgIpc) is 2.52. The van der Waals surface area contributed by atoms with Crippen molar-refractivity contribution >= 4 is 11.9 Å². The van der Waals surface area contributed by atoms with Gasteiger partial charge >= 0.3 is 5.97 Å². The molecule has 6 heteroatoms. The van der Waals surface area contributed by atoms with Crippen LogP contribution in [0.1, 0.15) is 38.5 Å². The van der Waals surface area contributed by atoms with Crippen molar-refractivity contribution in [1.82, 2.24) is 5.32 Å². The zero-order valence-corrected chi connectivity index (χ0v) is 12.4. The molecule has 0 radical (unpaired) electrons. The summed E-state index contributed by atoms with van der Waals surface area (Å²) in [6.07, 6.45) is 4.29. The Morgan fingerprint density at radius 2 is 1.71 bits per heavy atom. The first kappa shape index (κ1) is 16.2. The third-order valence-corrected chi connectivity index (χ3v) is 4.65. The van der Waals surface area contributed by atoms with Crippen molar-refractivity contribution in [2.45, 2.75) is 38.5 Å². The molecule has 0 aromatic rings. The Bertz CT molecular complexity index is 359. The SMILES string of the molecule is O=C(CCC1CCOCC1)NCC1(C(=O)O)CCOCC1. The van der Waals surface area contributed by atoms with Gasteiger partial charge < -0.3 is 19.9 Å². The van der Waals surface area contributed by atoms with Gasteiger partial charge in [-0.15, -0.1) is 0 Å². The molecular formula is C15H25NO5. The molecule has 0 aromatic carbocycles. The fourth-order valence-electron chi connectivity index (χ4n) is 2.95. The van der Waals surface area contributed by atoms with Crippen molar-refractivity contribution in [3.63, 3.8) is 0 Å². The van der Waals surface area contributed by atoms with Crippen LogP contribution in [0.25, 0.3) is 0 Å². The van der Waals surface area contributed by atoms with Crippen LogP contribution < -0.4 is 5.32 Å². The molecule has 0 atom stereocenters. The van der Waals surface area contributed by atoms with Gasteiger partial charge in [-0.25, -0.2) is 0 Å². The molecule has 0 saturated carbocycles. The van der Waals surface area contributed by atoms with Crippen LogP contribution in [0.5, 0.6) is 0 Å². The number of carbonyl (C=O) groups is 2. The van der Waals surface area contributed by atoms with Gasteiger partial charge in [0.05, 0.1) is 5.41 Å². The monoisotopic (exact) mass is 299 g/mol. The summed E-state index contributed by atoms with van der Waals surface area (Å²) in [5, 5.41) is 12.2. The van der Waals surface area contributed by atoms with Crippen LogP contribution in [0.15, 0.2) is 0 Å². The molecule has 2 fully saturated rings. The van der Waals surface area contributed by atoms with Crippen molar-refractivity contribution in [2.24, 2.45) is 11.3 Å². The molecule has 0 aromatic heterocycles. The Balaban J connectivity index is 1.72. The van der Waals surface area contributed by atoms with E-state index in [1.807, 2.05) is 0 Å². The number of hydrogen-bond acceptors (Lipinski definition) is 4. The van der Waals surface area contributed by atoms with Crippen LogP contribution in [0.4, 0.5) is 0 Å². The lowest BCUT2D eigenvalue weighted by atomic mass is 9.80. The number of carboxylic acid groups (broad SMARTS) is 1. The molecule has 21 heavy (non-hydrogen) atoms. The maximum Gasteiger partial charge on any atom is 0.311 e. The van der Waals surface area contributed by atoms with Crippen LogP contribution in [0.3, 0.4) is 0 Å². The van der Waals surface area contributed by atoms with E-state index in [1.165, 1.54) is 0 Å². The minimum absolute atomic E-state index is 0.0476. The minimum atomic E-state index is -0.855. The lowest BCUT2D eigenvalue weighted by Gasteiger charge is -2.33. The molecule has 2 heterocycles. The van der Waals surface area contributed by atoms with E-state index in [1.54, 1.807) is 0 Å². The Labute approximate surface area is 125 Å². The van der Waals surface area contributed by atoms with E-state index in [0.717, 1.165) is 32.5 Å². The Kier molecular flexibility index (Phi) is 5.99. The fraction of sp³-hybridized carbons (Fsp3) is 0.867. The molecule has 0 spiro atoms. The normalized spacial score (nSPS) is 22.7. The van der Waals surface area contributed by atoms with Crippen molar-refractivity contribution in [1.29, 1.82) is 0 Å². The first-order chi connectivity index (χ1) is 10.1. The van der Waals surface area contributed by atoms with Crippen molar-refractivity contribution in [2.75, 3.05) is 33.0 Å². The van der Waals surface area contributed by atoms with Crippen LogP contribution >= 0.6 is 0 Å². The highest BCUT2D eigenvalue weighted by atomic mass is 16.5. The van der Waals surface area contributed by atoms with Crippen LogP contribution in [-0.2, 0) is 19.1 Å². The molecular weight excluding hydrogens is 274 g/mol. The number of carbonyl (C=O) groups excluding carboxylic acids is 1. The largest absolute Gasteiger partial charge is 0.481 e. The van der Waals surface area contributed by atoms with Crippen molar-refractivity contribution < 1.29 is 24.2 Å². The van der Waals surface area contributed by atoms with E-state index >= 15 is 0 Å². The molecule has 2 saturated heterocycles. The average molecular weight is 299 g/mol. The molecule has 0 aliphatic carbocycles. The Hall–Kier alpha value is -1.14. The van der Waals surface area contributed by atoms with Gasteiger partial charge in [0, 0.05) is 39.4 Å². The third-order valence-electron chi connectivity index (χ3n) is 4.65. The molecule has 2 N–H and O–H groups in total. The van der Waals surface area contributed by atoms with Crippen molar-refractivity contribution in [3.05, 3.63) is 0 Å². The zero-order chi connectivity index (χ0) is 15.1. The predicted molar refractivity (Wildman–Crippen MR) is 75.9 cm³/mol. The number of aliphatic carboxylic acids is 1. The highest BCUT2D eigenvalue weighted by Gasteiger charge is 2.40. The second kappa shape index (κ2) is 7.75. The Morgan fingerprint density at radius 1 is 1.10 bits per heavy atom. The van der Waals surface area contributed by atoms with Gasteiger partial charge in [-0.1, -0.05) is 0 Å². The fourth-order valence-corrected chi connectivity index (χ4v) is 2.95. The van der Waals surface area contributed by atoms with E-state index in [4.69, 9.17) is 9.47 Å². The Morgan fingerprint density at radius 3 is 2.33 bits per heavy atom. The van der Waals surface area contributed by atoms with Crippen LogP contribution in [0, 0.1) is 11.3 Å². The number of carboxylic acids is 1. The standard InChI is InChI=1S/C15H25NO5/c17-13(2-1-12-3-7-20-8-4-12)16-11-15(14(18)19)5-9-21-10-6-15/h12H,1-11H2,(H,16,17)(H,18,19). The highest BCUT2D eigenvalue weighted by Crippen LogP contribution is 2.30. The summed E-state index contributed by atoms with van der Waals surface area (Å²) in [6.45, 7) is 2.68. The van der Waals surface area contributed by atoms with E-state index < -0.39 is 11.4 Å². The second-order valence-electron chi connectivity index (χ2n) is 6.07. The molecule has 2 aliphatic heterocycles. The lowest BCUT2D eigenvalue weighted by molar-refractivity contribution is -0.154. The molecule has 0 unspecified atom stereocenters. The third kappa shape index (κ3) is 4.68. The summed E-state index contributed by atoms with van der Waals surface area (Å²) >= 11 is 0. The minimum Gasteiger partial charge on any atom is -0.481 e. The van der Waals surface area contributed by atoms with Gasteiger partial charge in [-0.05, 0) is 38.0 Å². The van der Waals surface area contributed by atoms with E-state index in [2.05, 4.69) is 5.32 Å². The topological polar surface area (TPSA) is 84.9 Å². The van der Waals surface area contributed by atoms with Gasteiger partial charge in [0.1, 0.15) is 0 Å². The van der Waals surface area contributed by atoms with E-state index in [0.29, 0.717) is 38.4 Å². The van der Waals surface area contributed by atoms with Gasteiger partial charge in [0.15, 0.2) is 0 Å². The molecule has 0 bridgehead atoms. The number of amides is 1. The first-order valence-electron chi connectivity index (χ1n) is 7.78. The van der Waals surface area contributed by atoms with Gasteiger partial charge in [0.2, 0.25) is 5.91 Å². The van der Waals surface area contributed by atoms with Gasteiger partial charge in [0.25, 0.3) is 0 Å². The number of ether oxygens (including phenoxy) is 2. The second-order valence-corrected chi connectivity index (χ2v) is 6.07. The molecule has 2 aliphatic rings. The summed E-state index contributed by atoms with van der Waals surface area (Å²) in [6, 6.07) is 0. The summed E-state index contributed by atoms with van der Waals surface area (Å²) in [5.41, 5.74) is -0.855. The maximum atomic E-state index is 11.9. The van der Waals surface area contributed by atoms with Gasteiger partial charge in [-0.3, -0.25) is 9.59 Å².